The Labute approximate surface area is 653 Å². The molecule has 10 heteroatoms. The van der Waals surface area contributed by atoms with Crippen molar-refractivity contribution in [3.8, 4) is 124 Å². The third-order valence-electron chi connectivity index (χ3n) is 21.3. The van der Waals surface area contributed by atoms with E-state index in [-0.39, 0.29) is 0 Å². The molecule has 524 valence electrons. The van der Waals surface area contributed by atoms with E-state index in [9.17, 15) is 0 Å². The van der Waals surface area contributed by atoms with Gasteiger partial charge in [0.15, 0.2) is 34.9 Å². The number of thiophene rings is 2. The van der Waals surface area contributed by atoms with E-state index in [4.69, 9.17) is 29.9 Å². The van der Waals surface area contributed by atoms with Crippen LogP contribution in [0.25, 0.3) is 208 Å². The topological polar surface area (TPSA) is 87.2 Å². The van der Waals surface area contributed by atoms with Crippen LogP contribution in [0.1, 0.15) is 0 Å². The number of benzene rings is 16. The fourth-order valence-corrected chi connectivity index (χ4v) is 18.5. The van der Waals surface area contributed by atoms with Gasteiger partial charge >= 0.3 is 0 Å². The van der Waals surface area contributed by atoms with Crippen LogP contribution >= 0.6 is 22.7 Å². The molecule has 0 atom stereocenters. The number of fused-ring (bicyclic) bond motifs is 12. The van der Waals surface area contributed by atoms with Gasteiger partial charge in [-0.05, 0) is 123 Å². The molecule has 22 aromatic rings. The maximum absolute atomic E-state index is 5.08. The molecule has 0 unspecified atom stereocenters. The van der Waals surface area contributed by atoms with E-state index < -0.39 is 0 Å². The van der Waals surface area contributed by atoms with Gasteiger partial charge in [-0.15, -0.1) is 22.7 Å². The van der Waals surface area contributed by atoms with Crippen LogP contribution in [-0.2, 0) is 0 Å². The summed E-state index contributed by atoms with van der Waals surface area (Å²) in [7, 11) is 0. The van der Waals surface area contributed by atoms with E-state index in [0.717, 1.165) is 67.0 Å². The number of nitrogens with zero attached hydrogens (tertiary/aromatic N) is 8. The van der Waals surface area contributed by atoms with Crippen molar-refractivity contribution in [3.05, 3.63) is 388 Å². The van der Waals surface area contributed by atoms with E-state index in [1.165, 1.54) is 106 Å². The molecular weight excluding hydrogens is 1400 g/mol. The minimum absolute atomic E-state index is 0.636. The highest BCUT2D eigenvalue weighted by Crippen LogP contribution is 2.46. The Morgan fingerprint density at radius 1 is 0.170 bits per heavy atom. The van der Waals surface area contributed by atoms with Gasteiger partial charge in [-0.25, -0.2) is 29.9 Å². The Hall–Kier alpha value is -14.4. The summed E-state index contributed by atoms with van der Waals surface area (Å²) in [6, 6.07) is 137. The lowest BCUT2D eigenvalue weighted by atomic mass is 9.98. The van der Waals surface area contributed by atoms with E-state index in [1.54, 1.807) is 0 Å². The average molecular weight is 1470 g/mol. The molecule has 0 aliphatic carbocycles. The number of hydrogen-bond acceptors (Lipinski definition) is 8. The van der Waals surface area contributed by atoms with Crippen LogP contribution < -0.4 is 0 Å². The second kappa shape index (κ2) is 28.0. The van der Waals surface area contributed by atoms with Crippen molar-refractivity contribution in [1.82, 2.24) is 39.0 Å². The van der Waals surface area contributed by atoms with Crippen LogP contribution in [0, 0.1) is 0 Å². The highest BCUT2D eigenvalue weighted by Gasteiger charge is 2.22. The first-order valence-electron chi connectivity index (χ1n) is 37.5. The van der Waals surface area contributed by atoms with E-state index >= 15 is 0 Å². The first-order valence-corrected chi connectivity index (χ1v) is 39.2. The minimum atomic E-state index is 0.636. The van der Waals surface area contributed by atoms with Crippen molar-refractivity contribution in [2.45, 2.75) is 0 Å². The maximum Gasteiger partial charge on any atom is 0.164 e. The fraction of sp³-hybridized carbons (Fsp3) is 0. The van der Waals surface area contributed by atoms with Crippen LogP contribution in [0.2, 0.25) is 0 Å². The first-order chi connectivity index (χ1) is 55.5. The van der Waals surface area contributed by atoms with Crippen LogP contribution in [-0.4, -0.2) is 39.0 Å². The zero-order chi connectivity index (χ0) is 74.0. The second-order valence-electron chi connectivity index (χ2n) is 28.0. The Kier molecular flexibility index (Phi) is 16.4. The Morgan fingerprint density at radius 2 is 0.500 bits per heavy atom. The molecule has 0 amide bonds. The van der Waals surface area contributed by atoms with Crippen molar-refractivity contribution in [2.24, 2.45) is 0 Å². The Morgan fingerprint density at radius 3 is 1.00 bits per heavy atom. The molecule has 0 aliphatic rings. The third kappa shape index (κ3) is 11.9. The van der Waals surface area contributed by atoms with Gasteiger partial charge in [0.25, 0.3) is 0 Å². The largest absolute Gasteiger partial charge is 0.309 e. The molecule has 8 nitrogen and oxygen atoms in total. The normalized spacial score (nSPS) is 11.6. The summed E-state index contributed by atoms with van der Waals surface area (Å²) in [5.41, 5.74) is 22.0. The van der Waals surface area contributed by atoms with Crippen molar-refractivity contribution < 1.29 is 0 Å². The van der Waals surface area contributed by atoms with Gasteiger partial charge in [-0.2, -0.15) is 0 Å². The quantitative estimate of drug-likeness (QED) is 0.121. The summed E-state index contributed by atoms with van der Waals surface area (Å²) >= 11 is 3.75. The second-order valence-corrected chi connectivity index (χ2v) is 30.1. The molecule has 0 radical (unpaired) electrons. The van der Waals surface area contributed by atoms with Gasteiger partial charge in [0, 0.05) is 107 Å². The minimum Gasteiger partial charge on any atom is -0.309 e. The fourth-order valence-electron chi connectivity index (χ4n) is 16.0. The van der Waals surface area contributed by atoms with Crippen LogP contribution in [0.4, 0.5) is 0 Å². The monoisotopic (exact) mass is 1460 g/mol. The molecule has 22 rings (SSSR count). The maximum atomic E-state index is 5.08. The Bertz CT molecular complexity index is 7260. The molecule has 0 spiro atoms. The van der Waals surface area contributed by atoms with Gasteiger partial charge < -0.3 is 9.13 Å². The number of aromatic nitrogens is 8. The lowest BCUT2D eigenvalue weighted by molar-refractivity contribution is 1.07. The zero-order valence-electron chi connectivity index (χ0n) is 60.3. The summed E-state index contributed by atoms with van der Waals surface area (Å²) in [4.78, 5) is 29.9. The summed E-state index contributed by atoms with van der Waals surface area (Å²) in [5, 5.41) is 10.2. The molecule has 6 heterocycles. The van der Waals surface area contributed by atoms with Gasteiger partial charge in [-0.3, -0.25) is 0 Å². The highest BCUT2D eigenvalue weighted by atomic mass is 32.1. The molecule has 112 heavy (non-hydrogen) atoms. The van der Waals surface area contributed by atoms with Gasteiger partial charge in [-0.1, -0.05) is 309 Å². The number of hydrogen-bond donors (Lipinski definition) is 0. The third-order valence-corrected chi connectivity index (χ3v) is 23.8. The molecule has 0 saturated heterocycles. The lowest BCUT2D eigenvalue weighted by Crippen LogP contribution is -2.01. The first kappa shape index (κ1) is 65.8. The van der Waals surface area contributed by atoms with Crippen LogP contribution in [0.15, 0.2) is 388 Å². The molecule has 0 N–H and O–H groups in total. The molecule has 0 fully saturated rings. The lowest BCUT2D eigenvalue weighted by Gasteiger charge is -2.14. The van der Waals surface area contributed by atoms with E-state index in [2.05, 4.69) is 276 Å². The summed E-state index contributed by atoms with van der Waals surface area (Å²) in [6.45, 7) is 0. The van der Waals surface area contributed by atoms with E-state index in [1.807, 2.05) is 144 Å². The standard InChI is InChI=1S/2C51H32N4S/c1-3-13-34(14-4-1)49-52-50(35-15-5-2-6-16-35)54-51(53-49)38-18-11-17-36(31-38)33-25-28-39(29-26-33)55-45-23-9-7-19-41(45)44-32-37(27-30-46(44)55)40-21-12-22-43-42-20-8-10-24-47(42)56-48(40)43;1-3-15-33(16-4-1)49-52-50(34-17-5-2-6-18-34)54-51(53-49)43-24-8-7-21-38(43)35-19-13-20-37(31-35)55-45-27-11-9-22-40(45)44-32-36(29-30-46(44)55)39-25-14-26-42-41-23-10-12-28-47(41)56-48(39)42/h2*1-32H. The average Bonchev–Trinajstić information content (AvgIpc) is 1.58. The van der Waals surface area contributed by atoms with Gasteiger partial charge in [0.1, 0.15) is 0 Å². The van der Waals surface area contributed by atoms with Crippen LogP contribution in [0.3, 0.4) is 0 Å². The summed E-state index contributed by atoms with van der Waals surface area (Å²) in [5.74, 6) is 3.87. The molecule has 6 aromatic heterocycles. The molecule has 0 saturated carbocycles. The molecular formula is C102H64N8S2. The van der Waals surface area contributed by atoms with Crippen molar-refractivity contribution >= 4 is 107 Å². The van der Waals surface area contributed by atoms with Crippen molar-refractivity contribution in [2.75, 3.05) is 0 Å². The Balaban J connectivity index is 0.000000141. The number of rotatable bonds is 12. The van der Waals surface area contributed by atoms with Crippen LogP contribution in [0.5, 0.6) is 0 Å². The number of para-hydroxylation sites is 2. The highest BCUT2D eigenvalue weighted by molar-refractivity contribution is 7.26. The zero-order valence-corrected chi connectivity index (χ0v) is 62.0. The van der Waals surface area contributed by atoms with Crippen molar-refractivity contribution in [1.29, 1.82) is 0 Å². The van der Waals surface area contributed by atoms with Gasteiger partial charge in [0.2, 0.25) is 0 Å². The molecule has 16 aromatic carbocycles. The predicted molar refractivity (Wildman–Crippen MR) is 468 cm³/mol. The predicted octanol–water partition coefficient (Wildman–Crippen LogP) is 27.3. The smallest absolute Gasteiger partial charge is 0.164 e. The summed E-state index contributed by atoms with van der Waals surface area (Å²) < 4.78 is 10.1. The van der Waals surface area contributed by atoms with Gasteiger partial charge in [0.05, 0.1) is 22.1 Å². The molecule has 0 aliphatic heterocycles. The molecule has 0 bridgehead atoms. The van der Waals surface area contributed by atoms with E-state index in [0.29, 0.717) is 34.9 Å². The summed E-state index contributed by atoms with van der Waals surface area (Å²) in [6.07, 6.45) is 0. The SMILES string of the molecule is c1ccc(-c2nc(-c3ccccc3)nc(-c3cccc(-c4ccc(-n5c6ccccc6c6cc(-c7cccc8c7sc7ccccc78)ccc65)cc4)c3)n2)cc1.c1ccc(-c2nc(-c3ccccc3)nc(-c3ccccc3-c3cccc(-n4c5ccccc5c5cc(-c6cccc7c6sc6ccccc67)ccc54)c3)n2)cc1. The van der Waals surface area contributed by atoms with Crippen molar-refractivity contribution in [3.63, 3.8) is 0 Å².